The summed E-state index contributed by atoms with van der Waals surface area (Å²) in [5.74, 6) is 1.61. The van der Waals surface area contributed by atoms with Crippen LogP contribution in [0.2, 0.25) is 0 Å². The molecular weight excluding hydrogens is 236 g/mol. The highest BCUT2D eigenvalue weighted by Crippen LogP contribution is 2.27. The fraction of sp³-hybridized carbons (Fsp3) is 0.667. The zero-order valence-corrected chi connectivity index (χ0v) is 11.8. The standard InChI is InChI=1S/C15H22N4/c1-12(2)9-10-19(14-5-3-4-6-14)15-8-7-13(11-16)17-18-15/h7-8,12,14H,3-6,9-10H2,1-2H3. The van der Waals surface area contributed by atoms with E-state index in [0.29, 0.717) is 17.7 Å². The predicted molar refractivity (Wildman–Crippen MR) is 75.8 cm³/mol. The van der Waals surface area contributed by atoms with Gasteiger partial charge in [0, 0.05) is 12.6 Å². The number of nitriles is 1. The third kappa shape index (κ3) is 3.66. The van der Waals surface area contributed by atoms with Gasteiger partial charge in [0.1, 0.15) is 6.07 Å². The smallest absolute Gasteiger partial charge is 0.163 e. The molecular formula is C15H22N4. The van der Waals surface area contributed by atoms with Crippen LogP contribution < -0.4 is 4.90 Å². The van der Waals surface area contributed by atoms with Crippen LogP contribution in [0.3, 0.4) is 0 Å². The largest absolute Gasteiger partial charge is 0.352 e. The van der Waals surface area contributed by atoms with Crippen molar-refractivity contribution in [3.8, 4) is 6.07 Å². The summed E-state index contributed by atoms with van der Waals surface area (Å²) >= 11 is 0. The van der Waals surface area contributed by atoms with Gasteiger partial charge in [0.2, 0.25) is 0 Å². The summed E-state index contributed by atoms with van der Waals surface area (Å²) in [5, 5.41) is 17.0. The lowest BCUT2D eigenvalue weighted by atomic mass is 10.1. The molecule has 4 nitrogen and oxygen atoms in total. The molecule has 0 aliphatic heterocycles. The van der Waals surface area contributed by atoms with Gasteiger partial charge in [0.25, 0.3) is 0 Å². The quantitative estimate of drug-likeness (QED) is 0.814. The molecule has 0 unspecified atom stereocenters. The van der Waals surface area contributed by atoms with Crippen molar-refractivity contribution in [2.24, 2.45) is 5.92 Å². The molecule has 4 heteroatoms. The Bertz CT molecular complexity index is 426. The van der Waals surface area contributed by atoms with Gasteiger partial charge in [-0.15, -0.1) is 10.2 Å². The van der Waals surface area contributed by atoms with E-state index in [1.54, 1.807) is 6.07 Å². The van der Waals surface area contributed by atoms with Crippen molar-refractivity contribution < 1.29 is 0 Å². The number of nitrogens with zero attached hydrogens (tertiary/aromatic N) is 4. The van der Waals surface area contributed by atoms with Crippen LogP contribution in [-0.2, 0) is 0 Å². The normalized spacial score (nSPS) is 15.7. The predicted octanol–water partition coefficient (Wildman–Crippen LogP) is 3.14. The number of aromatic nitrogens is 2. The van der Waals surface area contributed by atoms with E-state index in [1.165, 1.54) is 25.7 Å². The molecule has 0 N–H and O–H groups in total. The second-order valence-electron chi connectivity index (χ2n) is 5.70. The highest BCUT2D eigenvalue weighted by molar-refractivity contribution is 5.40. The molecule has 1 aromatic heterocycles. The maximum Gasteiger partial charge on any atom is 0.163 e. The fourth-order valence-electron chi connectivity index (χ4n) is 2.64. The van der Waals surface area contributed by atoms with Crippen LogP contribution in [0.25, 0.3) is 0 Å². The van der Waals surface area contributed by atoms with E-state index in [1.807, 2.05) is 12.1 Å². The molecule has 1 aliphatic rings. The van der Waals surface area contributed by atoms with E-state index in [4.69, 9.17) is 5.26 Å². The number of hydrogen-bond acceptors (Lipinski definition) is 4. The summed E-state index contributed by atoms with van der Waals surface area (Å²) in [6.07, 6.45) is 6.29. The molecule has 0 spiro atoms. The van der Waals surface area contributed by atoms with Gasteiger partial charge in [0.15, 0.2) is 11.5 Å². The van der Waals surface area contributed by atoms with Crippen molar-refractivity contribution in [2.45, 2.75) is 52.0 Å². The van der Waals surface area contributed by atoms with Crippen LogP contribution in [-0.4, -0.2) is 22.8 Å². The summed E-state index contributed by atoms with van der Waals surface area (Å²) in [6.45, 7) is 5.53. The maximum atomic E-state index is 8.79. The number of rotatable bonds is 5. The van der Waals surface area contributed by atoms with E-state index in [-0.39, 0.29) is 0 Å². The molecule has 1 aromatic rings. The van der Waals surface area contributed by atoms with E-state index < -0.39 is 0 Å². The Kier molecular flexibility index (Phi) is 4.73. The van der Waals surface area contributed by atoms with Gasteiger partial charge in [-0.2, -0.15) is 5.26 Å². The van der Waals surface area contributed by atoms with Gasteiger partial charge >= 0.3 is 0 Å². The first-order valence-electron chi connectivity index (χ1n) is 7.21. The summed E-state index contributed by atoms with van der Waals surface area (Å²) in [6, 6.07) is 6.32. The summed E-state index contributed by atoms with van der Waals surface area (Å²) in [4.78, 5) is 2.39. The molecule has 102 valence electrons. The second kappa shape index (κ2) is 6.51. The topological polar surface area (TPSA) is 52.8 Å². The first-order valence-corrected chi connectivity index (χ1v) is 7.21. The number of anilines is 1. The average Bonchev–Trinajstić information content (AvgIpc) is 2.93. The first-order chi connectivity index (χ1) is 9.20. The number of hydrogen-bond donors (Lipinski definition) is 0. The minimum Gasteiger partial charge on any atom is -0.352 e. The van der Waals surface area contributed by atoms with Crippen LogP contribution in [0.1, 0.15) is 51.6 Å². The van der Waals surface area contributed by atoms with Crippen molar-refractivity contribution in [1.82, 2.24) is 10.2 Å². The van der Waals surface area contributed by atoms with Crippen molar-refractivity contribution >= 4 is 5.82 Å². The molecule has 0 aromatic carbocycles. The fourth-order valence-corrected chi connectivity index (χ4v) is 2.64. The van der Waals surface area contributed by atoms with Crippen molar-refractivity contribution in [3.63, 3.8) is 0 Å². The Balaban J connectivity index is 2.12. The third-order valence-electron chi connectivity index (χ3n) is 3.77. The molecule has 2 rings (SSSR count). The Morgan fingerprint density at radius 1 is 1.32 bits per heavy atom. The van der Waals surface area contributed by atoms with Gasteiger partial charge in [0.05, 0.1) is 0 Å². The molecule has 19 heavy (non-hydrogen) atoms. The van der Waals surface area contributed by atoms with Crippen LogP contribution in [0, 0.1) is 17.2 Å². The average molecular weight is 258 g/mol. The van der Waals surface area contributed by atoms with Crippen molar-refractivity contribution in [2.75, 3.05) is 11.4 Å². The zero-order chi connectivity index (χ0) is 13.7. The third-order valence-corrected chi connectivity index (χ3v) is 3.77. The Morgan fingerprint density at radius 3 is 2.58 bits per heavy atom. The molecule has 1 heterocycles. The lowest BCUT2D eigenvalue weighted by Crippen LogP contribution is -2.35. The highest BCUT2D eigenvalue weighted by atomic mass is 15.3. The minimum atomic E-state index is 0.388. The molecule has 0 atom stereocenters. The SMILES string of the molecule is CC(C)CCN(c1ccc(C#N)nn1)C1CCCC1. The van der Waals surface area contributed by atoms with Crippen LogP contribution in [0.4, 0.5) is 5.82 Å². The van der Waals surface area contributed by atoms with Gasteiger partial charge in [-0.1, -0.05) is 26.7 Å². The molecule has 0 radical (unpaired) electrons. The van der Waals surface area contributed by atoms with Crippen LogP contribution >= 0.6 is 0 Å². The molecule has 0 saturated heterocycles. The van der Waals surface area contributed by atoms with Gasteiger partial charge in [-0.25, -0.2) is 0 Å². The first kappa shape index (κ1) is 13.8. The monoisotopic (exact) mass is 258 g/mol. The van der Waals surface area contributed by atoms with E-state index in [0.717, 1.165) is 18.8 Å². The Labute approximate surface area is 115 Å². The lowest BCUT2D eigenvalue weighted by Gasteiger charge is -2.30. The zero-order valence-electron chi connectivity index (χ0n) is 11.8. The van der Waals surface area contributed by atoms with Crippen LogP contribution in [0.5, 0.6) is 0 Å². The summed E-state index contributed by atoms with van der Waals surface area (Å²) < 4.78 is 0. The molecule has 0 amide bonds. The van der Waals surface area contributed by atoms with Gasteiger partial charge in [-0.3, -0.25) is 0 Å². The van der Waals surface area contributed by atoms with Crippen molar-refractivity contribution in [1.29, 1.82) is 5.26 Å². The minimum absolute atomic E-state index is 0.388. The Hall–Kier alpha value is -1.63. The molecule has 0 bridgehead atoms. The van der Waals surface area contributed by atoms with E-state index in [2.05, 4.69) is 28.9 Å². The molecule has 1 fully saturated rings. The van der Waals surface area contributed by atoms with E-state index in [9.17, 15) is 0 Å². The van der Waals surface area contributed by atoms with Gasteiger partial charge < -0.3 is 4.90 Å². The summed E-state index contributed by atoms with van der Waals surface area (Å²) in [7, 11) is 0. The Morgan fingerprint density at radius 2 is 2.05 bits per heavy atom. The second-order valence-corrected chi connectivity index (χ2v) is 5.70. The van der Waals surface area contributed by atoms with E-state index >= 15 is 0 Å². The maximum absolute atomic E-state index is 8.79. The highest BCUT2D eigenvalue weighted by Gasteiger charge is 2.23. The lowest BCUT2D eigenvalue weighted by molar-refractivity contribution is 0.523. The van der Waals surface area contributed by atoms with Crippen molar-refractivity contribution in [3.05, 3.63) is 17.8 Å². The van der Waals surface area contributed by atoms with Crippen LogP contribution in [0.15, 0.2) is 12.1 Å². The molecule has 1 saturated carbocycles. The summed E-state index contributed by atoms with van der Waals surface area (Å²) in [5.41, 5.74) is 0.388. The molecule has 1 aliphatic carbocycles. The van der Waals surface area contributed by atoms with Gasteiger partial charge in [-0.05, 0) is 37.3 Å².